The molecule has 2 heterocycles. The maximum Gasteiger partial charge on any atom is 0.340 e. The van der Waals surface area contributed by atoms with Crippen LogP contribution in [-0.2, 0) is 6.42 Å². The van der Waals surface area contributed by atoms with Gasteiger partial charge in [-0.3, -0.25) is 4.98 Å². The van der Waals surface area contributed by atoms with Crippen LogP contribution in [-0.4, -0.2) is 21.7 Å². The lowest BCUT2D eigenvalue weighted by atomic mass is 9.93. The third-order valence-corrected chi connectivity index (χ3v) is 2.93. The lowest BCUT2D eigenvalue weighted by Crippen LogP contribution is -2.22. The molecule has 0 saturated heterocycles. The van der Waals surface area contributed by atoms with Crippen molar-refractivity contribution in [1.82, 2.24) is 15.2 Å². The second-order valence-electron chi connectivity index (χ2n) is 4.00. The number of aromatic amines is 2. The van der Waals surface area contributed by atoms with Gasteiger partial charge in [0.25, 0.3) is 0 Å². The summed E-state index contributed by atoms with van der Waals surface area (Å²) in [7, 11) is 0. The van der Waals surface area contributed by atoms with Gasteiger partial charge in [0.05, 0.1) is 0 Å². The molecule has 3 N–H and O–H groups in total. The van der Waals surface area contributed by atoms with Crippen molar-refractivity contribution in [3.05, 3.63) is 46.1 Å². The molecular weight excluding hydrogens is 204 g/mol. The minimum atomic E-state index is -0.242. The van der Waals surface area contributed by atoms with Crippen LogP contribution in [0.1, 0.15) is 17.3 Å². The highest BCUT2D eigenvalue weighted by atomic mass is 16.1. The molecule has 1 aromatic heterocycles. The molecule has 5 heteroatoms. The lowest BCUT2D eigenvalue weighted by molar-refractivity contribution is 0.651. The zero-order valence-electron chi connectivity index (χ0n) is 8.66. The molecule has 82 valence electrons. The van der Waals surface area contributed by atoms with Crippen LogP contribution in [0.5, 0.6) is 0 Å². The van der Waals surface area contributed by atoms with E-state index >= 15 is 0 Å². The Kier molecular flexibility index (Phi) is 2.02. The Labute approximate surface area is 91.9 Å². The van der Waals surface area contributed by atoms with Gasteiger partial charge in [-0.2, -0.15) is 5.10 Å². The number of hydrogen-bond acceptors (Lipinski definition) is 3. The molecule has 2 aromatic rings. The molecule has 0 spiro atoms. The van der Waals surface area contributed by atoms with Crippen LogP contribution in [0.2, 0.25) is 0 Å². The van der Waals surface area contributed by atoms with Gasteiger partial charge in [0.2, 0.25) is 0 Å². The number of aromatic nitrogens is 3. The molecule has 5 nitrogen and oxygen atoms in total. The number of nitrogens with one attached hydrogen (secondary N) is 3. The van der Waals surface area contributed by atoms with Crippen LogP contribution >= 0.6 is 0 Å². The average Bonchev–Trinajstić information content (AvgIpc) is 2.75. The van der Waals surface area contributed by atoms with Gasteiger partial charge in [-0.25, -0.2) is 9.89 Å². The summed E-state index contributed by atoms with van der Waals surface area (Å²) >= 11 is 0. The normalized spacial score (nSPS) is 18.9. The molecule has 0 fully saturated rings. The fourth-order valence-corrected chi connectivity index (χ4v) is 2.11. The predicted molar refractivity (Wildman–Crippen MR) is 60.6 cm³/mol. The summed E-state index contributed by atoms with van der Waals surface area (Å²) in [6.45, 7) is 0.803. The van der Waals surface area contributed by atoms with E-state index in [4.69, 9.17) is 0 Å². The number of H-pyrrole nitrogens is 2. The first-order valence-electron chi connectivity index (χ1n) is 5.29. The second kappa shape index (κ2) is 3.52. The first-order chi connectivity index (χ1) is 7.83. The van der Waals surface area contributed by atoms with Gasteiger partial charge in [-0.05, 0) is 18.1 Å². The Morgan fingerprint density at radius 1 is 1.31 bits per heavy atom. The van der Waals surface area contributed by atoms with E-state index in [2.05, 4.69) is 32.6 Å². The van der Waals surface area contributed by atoms with Crippen molar-refractivity contribution in [3.63, 3.8) is 0 Å². The van der Waals surface area contributed by atoms with Crippen molar-refractivity contribution in [1.29, 1.82) is 0 Å². The molecule has 0 aliphatic carbocycles. The van der Waals surface area contributed by atoms with Crippen molar-refractivity contribution in [2.75, 3.05) is 11.9 Å². The summed E-state index contributed by atoms with van der Waals surface area (Å²) in [6.07, 6.45) is 0.907. The molecule has 0 saturated carbocycles. The van der Waals surface area contributed by atoms with Crippen LogP contribution in [0, 0.1) is 0 Å². The van der Waals surface area contributed by atoms with E-state index < -0.39 is 0 Å². The van der Waals surface area contributed by atoms with Gasteiger partial charge >= 0.3 is 5.69 Å². The summed E-state index contributed by atoms with van der Waals surface area (Å²) in [5.41, 5.74) is 2.20. The topological polar surface area (TPSA) is 73.6 Å². The van der Waals surface area contributed by atoms with Crippen LogP contribution in [0.25, 0.3) is 0 Å². The van der Waals surface area contributed by atoms with Crippen molar-refractivity contribution < 1.29 is 0 Å². The molecule has 1 atom stereocenters. The predicted octanol–water partition coefficient (Wildman–Crippen LogP) is 0.850. The monoisotopic (exact) mass is 216 g/mol. The Balaban J connectivity index is 1.90. The average molecular weight is 216 g/mol. The van der Waals surface area contributed by atoms with E-state index in [1.807, 2.05) is 12.1 Å². The molecule has 1 aliphatic rings. The van der Waals surface area contributed by atoms with E-state index in [1.54, 1.807) is 0 Å². The molecule has 3 rings (SSSR count). The van der Waals surface area contributed by atoms with E-state index in [1.165, 1.54) is 11.3 Å². The van der Waals surface area contributed by atoms with Crippen LogP contribution in [0.15, 0.2) is 29.1 Å². The van der Waals surface area contributed by atoms with Crippen molar-refractivity contribution >= 4 is 5.69 Å². The zero-order valence-corrected chi connectivity index (χ0v) is 8.66. The fraction of sp³-hybridized carbons (Fsp3) is 0.273. The van der Waals surface area contributed by atoms with Gasteiger partial charge in [0.15, 0.2) is 0 Å². The zero-order chi connectivity index (χ0) is 11.0. The quantitative estimate of drug-likeness (QED) is 0.661. The van der Waals surface area contributed by atoms with E-state index in [0.717, 1.165) is 18.8 Å². The molecule has 16 heavy (non-hydrogen) atoms. The number of fused-ring (bicyclic) bond motifs is 1. The highest BCUT2D eigenvalue weighted by molar-refractivity contribution is 5.53. The van der Waals surface area contributed by atoms with Gasteiger partial charge in [0, 0.05) is 18.2 Å². The SMILES string of the molecule is O=c1[nH]nc(C2CNc3ccccc3C2)[nH]1. The maximum absolute atomic E-state index is 11.0. The largest absolute Gasteiger partial charge is 0.384 e. The Hall–Kier alpha value is -2.04. The van der Waals surface area contributed by atoms with E-state index in [-0.39, 0.29) is 11.6 Å². The van der Waals surface area contributed by atoms with E-state index in [9.17, 15) is 4.79 Å². The molecule has 0 radical (unpaired) electrons. The number of anilines is 1. The van der Waals surface area contributed by atoms with E-state index in [0.29, 0.717) is 0 Å². The van der Waals surface area contributed by atoms with Crippen molar-refractivity contribution in [2.24, 2.45) is 0 Å². The molecule has 0 bridgehead atoms. The Morgan fingerprint density at radius 3 is 3.00 bits per heavy atom. The number of nitrogens with zero attached hydrogens (tertiary/aromatic N) is 1. The minimum absolute atomic E-state index is 0.230. The highest BCUT2D eigenvalue weighted by Crippen LogP contribution is 2.27. The molecule has 1 aliphatic heterocycles. The van der Waals surface area contributed by atoms with Crippen LogP contribution in [0.3, 0.4) is 0 Å². The van der Waals surface area contributed by atoms with Gasteiger partial charge in [-0.15, -0.1) is 0 Å². The third-order valence-electron chi connectivity index (χ3n) is 2.93. The molecular formula is C11H12N4O. The smallest absolute Gasteiger partial charge is 0.340 e. The Bertz CT molecular complexity index is 557. The highest BCUT2D eigenvalue weighted by Gasteiger charge is 2.21. The second-order valence-corrected chi connectivity index (χ2v) is 4.00. The first kappa shape index (κ1) is 9.21. The maximum atomic E-state index is 11.0. The number of hydrogen-bond donors (Lipinski definition) is 3. The van der Waals surface area contributed by atoms with Crippen molar-refractivity contribution in [2.45, 2.75) is 12.3 Å². The minimum Gasteiger partial charge on any atom is -0.384 e. The first-order valence-corrected chi connectivity index (χ1v) is 5.29. The number of benzene rings is 1. The number of rotatable bonds is 1. The van der Waals surface area contributed by atoms with Crippen molar-refractivity contribution in [3.8, 4) is 0 Å². The molecule has 0 amide bonds. The Morgan fingerprint density at radius 2 is 2.19 bits per heavy atom. The fourth-order valence-electron chi connectivity index (χ4n) is 2.11. The molecule has 1 unspecified atom stereocenters. The standard InChI is InChI=1S/C11H12N4O/c16-11-13-10(14-15-11)8-5-7-3-1-2-4-9(7)12-6-8/h1-4,8,12H,5-6H2,(H2,13,14,15,16). The van der Waals surface area contributed by atoms with Gasteiger partial charge < -0.3 is 5.32 Å². The molecule has 1 aromatic carbocycles. The summed E-state index contributed by atoms with van der Waals surface area (Å²) < 4.78 is 0. The van der Waals surface area contributed by atoms with Gasteiger partial charge in [0.1, 0.15) is 5.82 Å². The van der Waals surface area contributed by atoms with Crippen LogP contribution in [0.4, 0.5) is 5.69 Å². The summed E-state index contributed by atoms with van der Waals surface area (Å²) in [5.74, 6) is 0.959. The summed E-state index contributed by atoms with van der Waals surface area (Å²) in [6, 6.07) is 8.21. The van der Waals surface area contributed by atoms with Gasteiger partial charge in [-0.1, -0.05) is 18.2 Å². The summed E-state index contributed by atoms with van der Waals surface area (Å²) in [5, 5.41) is 9.72. The van der Waals surface area contributed by atoms with Crippen LogP contribution < -0.4 is 11.0 Å². The third kappa shape index (κ3) is 1.50. The lowest BCUT2D eigenvalue weighted by Gasteiger charge is -2.24. The number of para-hydroxylation sites is 1. The summed E-state index contributed by atoms with van der Waals surface area (Å²) in [4.78, 5) is 13.7.